The van der Waals surface area contributed by atoms with Crippen molar-refractivity contribution in [2.75, 3.05) is 26.7 Å². The van der Waals surface area contributed by atoms with E-state index in [0.29, 0.717) is 48.9 Å². The molecule has 0 aliphatic rings. The third-order valence-corrected chi connectivity index (χ3v) is 4.20. The molecule has 0 fully saturated rings. The van der Waals surface area contributed by atoms with Crippen molar-refractivity contribution in [1.29, 1.82) is 0 Å². The number of alkyl halides is 2. The van der Waals surface area contributed by atoms with Gasteiger partial charge in [-0.2, -0.15) is 8.78 Å². The van der Waals surface area contributed by atoms with Crippen LogP contribution < -0.4 is 25.4 Å². The molecule has 7 nitrogen and oxygen atoms in total. The Morgan fingerprint density at radius 2 is 1.81 bits per heavy atom. The number of amides is 1. The van der Waals surface area contributed by atoms with Crippen LogP contribution in [0.1, 0.15) is 29.3 Å². The first-order chi connectivity index (χ1) is 15.0. The Hall–Kier alpha value is -3.36. The number of rotatable bonds is 11. The maximum Gasteiger partial charge on any atom is 0.387 e. The monoisotopic (exact) mass is 434 g/mol. The summed E-state index contributed by atoms with van der Waals surface area (Å²) in [5, 5.41) is 9.12. The molecule has 0 atom stereocenters. The highest BCUT2D eigenvalue weighted by atomic mass is 19.3. The van der Waals surface area contributed by atoms with Crippen LogP contribution in [0.2, 0.25) is 0 Å². The number of halogens is 2. The zero-order valence-electron chi connectivity index (χ0n) is 17.7. The first-order valence-corrected chi connectivity index (χ1v) is 10.0. The predicted octanol–water partition coefficient (Wildman–Crippen LogP) is 3.17. The Morgan fingerprint density at radius 3 is 2.48 bits per heavy atom. The van der Waals surface area contributed by atoms with Crippen molar-refractivity contribution in [2.45, 2.75) is 26.5 Å². The van der Waals surface area contributed by atoms with Crippen molar-refractivity contribution in [3.8, 4) is 11.5 Å². The molecule has 0 aromatic heterocycles. The topological polar surface area (TPSA) is 84.0 Å². The number of nitrogens with zero attached hydrogens (tertiary/aromatic N) is 1. The van der Waals surface area contributed by atoms with Gasteiger partial charge in [-0.25, -0.2) is 4.99 Å². The van der Waals surface area contributed by atoms with E-state index in [-0.39, 0.29) is 18.2 Å². The van der Waals surface area contributed by atoms with E-state index >= 15 is 0 Å². The second-order valence-electron chi connectivity index (χ2n) is 6.45. The minimum Gasteiger partial charge on any atom is -0.497 e. The molecule has 3 N–H and O–H groups in total. The summed E-state index contributed by atoms with van der Waals surface area (Å²) in [4.78, 5) is 16.5. The van der Waals surface area contributed by atoms with E-state index in [1.54, 1.807) is 24.3 Å². The average molecular weight is 434 g/mol. The van der Waals surface area contributed by atoms with Crippen LogP contribution >= 0.6 is 0 Å². The molecule has 0 heterocycles. The van der Waals surface area contributed by atoms with Gasteiger partial charge in [0.1, 0.15) is 11.5 Å². The lowest BCUT2D eigenvalue weighted by molar-refractivity contribution is -0.0504. The van der Waals surface area contributed by atoms with Crippen LogP contribution in [0, 0.1) is 0 Å². The maximum absolute atomic E-state index is 12.7. The standard InChI is InChI=1S/C22H28F2N4O3/c1-3-25-22(27-13-7-12-26-20(29)16-8-5-4-6-9-16)28-15-17-14-18(30-2)10-11-19(17)31-21(23)24/h4-6,8-11,14,21H,3,7,12-13,15H2,1-2H3,(H,26,29)(H2,25,27,28). The van der Waals surface area contributed by atoms with Gasteiger partial charge in [-0.1, -0.05) is 18.2 Å². The minimum absolute atomic E-state index is 0.0547. The number of benzene rings is 2. The van der Waals surface area contributed by atoms with Crippen molar-refractivity contribution in [3.63, 3.8) is 0 Å². The second-order valence-corrected chi connectivity index (χ2v) is 6.45. The fourth-order valence-electron chi connectivity index (χ4n) is 2.71. The fourth-order valence-corrected chi connectivity index (χ4v) is 2.71. The molecule has 1 amide bonds. The molecule has 0 bridgehead atoms. The fraction of sp³-hybridized carbons (Fsp3) is 0.364. The van der Waals surface area contributed by atoms with E-state index in [0.717, 1.165) is 0 Å². The highest BCUT2D eigenvalue weighted by molar-refractivity contribution is 5.94. The van der Waals surface area contributed by atoms with E-state index in [4.69, 9.17) is 4.74 Å². The van der Waals surface area contributed by atoms with Gasteiger partial charge in [-0.3, -0.25) is 4.79 Å². The normalized spacial score (nSPS) is 11.2. The summed E-state index contributed by atoms with van der Waals surface area (Å²) >= 11 is 0. The maximum atomic E-state index is 12.7. The summed E-state index contributed by atoms with van der Waals surface area (Å²) in [6.45, 7) is 0.832. The Morgan fingerprint density at radius 1 is 1.06 bits per heavy atom. The molecule has 0 aliphatic heterocycles. The number of carbonyl (C=O) groups excluding carboxylic acids is 1. The lowest BCUT2D eigenvalue weighted by atomic mass is 10.2. The number of aliphatic imine (C=N–C) groups is 1. The molecule has 0 radical (unpaired) electrons. The highest BCUT2D eigenvalue weighted by Gasteiger charge is 2.11. The van der Waals surface area contributed by atoms with E-state index in [1.165, 1.54) is 13.2 Å². The number of nitrogens with one attached hydrogen (secondary N) is 3. The van der Waals surface area contributed by atoms with Crippen molar-refractivity contribution < 1.29 is 23.0 Å². The molecule has 0 aliphatic carbocycles. The van der Waals surface area contributed by atoms with Gasteiger partial charge in [-0.15, -0.1) is 0 Å². The van der Waals surface area contributed by atoms with E-state index in [2.05, 4.69) is 25.7 Å². The number of carbonyl (C=O) groups is 1. The summed E-state index contributed by atoms with van der Waals surface area (Å²) in [5.41, 5.74) is 1.09. The Bertz CT molecular complexity index is 848. The largest absolute Gasteiger partial charge is 0.497 e. The molecule has 9 heteroatoms. The van der Waals surface area contributed by atoms with Gasteiger partial charge >= 0.3 is 6.61 Å². The number of ether oxygens (including phenoxy) is 2. The molecule has 0 saturated carbocycles. The Labute approximate surface area is 180 Å². The van der Waals surface area contributed by atoms with E-state index in [9.17, 15) is 13.6 Å². The second kappa shape index (κ2) is 13.0. The number of hydrogen-bond acceptors (Lipinski definition) is 4. The Kier molecular flexibility index (Phi) is 10.1. The molecule has 2 aromatic carbocycles. The molecule has 0 unspecified atom stereocenters. The molecule has 2 aromatic rings. The van der Waals surface area contributed by atoms with Gasteiger partial charge in [0.05, 0.1) is 13.7 Å². The summed E-state index contributed by atoms with van der Waals surface area (Å²) in [6.07, 6.45) is 0.682. The number of guanidine groups is 1. The van der Waals surface area contributed by atoms with Crippen molar-refractivity contribution in [3.05, 3.63) is 59.7 Å². The van der Waals surface area contributed by atoms with Crippen LogP contribution in [0.15, 0.2) is 53.5 Å². The molecule has 168 valence electrons. The van der Waals surface area contributed by atoms with Crippen LogP contribution in [-0.4, -0.2) is 45.2 Å². The van der Waals surface area contributed by atoms with Gasteiger partial charge < -0.3 is 25.4 Å². The van der Waals surface area contributed by atoms with Gasteiger partial charge in [0.15, 0.2) is 5.96 Å². The quantitative estimate of drug-likeness (QED) is 0.287. The zero-order chi connectivity index (χ0) is 22.5. The third-order valence-electron chi connectivity index (χ3n) is 4.20. The molecule has 2 rings (SSSR count). The summed E-state index contributed by atoms with van der Waals surface area (Å²) in [7, 11) is 1.50. The van der Waals surface area contributed by atoms with Crippen molar-refractivity contribution in [2.24, 2.45) is 4.99 Å². The van der Waals surface area contributed by atoms with Crippen LogP contribution in [0.5, 0.6) is 11.5 Å². The van der Waals surface area contributed by atoms with Crippen LogP contribution in [-0.2, 0) is 6.54 Å². The van der Waals surface area contributed by atoms with E-state index in [1.807, 2.05) is 25.1 Å². The molecule has 0 spiro atoms. The smallest absolute Gasteiger partial charge is 0.387 e. The lowest BCUT2D eigenvalue weighted by Crippen LogP contribution is -2.38. The van der Waals surface area contributed by atoms with Crippen LogP contribution in [0.3, 0.4) is 0 Å². The van der Waals surface area contributed by atoms with Crippen LogP contribution in [0.25, 0.3) is 0 Å². The SMILES string of the molecule is CCNC(=NCc1cc(OC)ccc1OC(F)F)NCCCNC(=O)c1ccccc1. The summed E-state index contributed by atoms with van der Waals surface area (Å²) < 4.78 is 35.1. The summed E-state index contributed by atoms with van der Waals surface area (Å²) in [5.74, 6) is 0.992. The molecular formula is C22H28F2N4O3. The first-order valence-electron chi connectivity index (χ1n) is 10.0. The number of methoxy groups -OCH3 is 1. The van der Waals surface area contributed by atoms with Gasteiger partial charge in [0, 0.05) is 30.8 Å². The van der Waals surface area contributed by atoms with Gasteiger partial charge in [0.2, 0.25) is 0 Å². The summed E-state index contributed by atoms with van der Waals surface area (Å²) in [6, 6.07) is 13.6. The van der Waals surface area contributed by atoms with Gasteiger partial charge in [0.25, 0.3) is 5.91 Å². The highest BCUT2D eigenvalue weighted by Crippen LogP contribution is 2.26. The minimum atomic E-state index is -2.92. The lowest BCUT2D eigenvalue weighted by Gasteiger charge is -2.14. The van der Waals surface area contributed by atoms with E-state index < -0.39 is 6.61 Å². The molecular weight excluding hydrogens is 406 g/mol. The van der Waals surface area contributed by atoms with Crippen LogP contribution in [0.4, 0.5) is 8.78 Å². The third kappa shape index (κ3) is 8.49. The van der Waals surface area contributed by atoms with Crippen molar-refractivity contribution in [1.82, 2.24) is 16.0 Å². The zero-order valence-corrected chi connectivity index (χ0v) is 17.7. The predicted molar refractivity (Wildman–Crippen MR) is 116 cm³/mol. The van der Waals surface area contributed by atoms with Gasteiger partial charge in [-0.05, 0) is 43.7 Å². The Balaban J connectivity index is 1.88. The molecule has 31 heavy (non-hydrogen) atoms. The van der Waals surface area contributed by atoms with Crippen molar-refractivity contribution >= 4 is 11.9 Å². The average Bonchev–Trinajstić information content (AvgIpc) is 2.78. The molecule has 0 saturated heterocycles. The number of hydrogen-bond donors (Lipinski definition) is 3. The first kappa shape index (κ1) is 23.9.